The fourth-order valence-corrected chi connectivity index (χ4v) is 1.56. The fraction of sp³-hybridized carbons (Fsp3) is 0.385. The molecular weight excluding hydrogens is 189 g/mol. The highest BCUT2D eigenvalue weighted by Gasteiger charge is 2.04. The number of allylic oxidation sites excluding steroid dienone is 1. The van der Waals surface area contributed by atoms with Gasteiger partial charge < -0.3 is 5.32 Å². The number of hydrogen-bond acceptors (Lipinski definition) is 1. The summed E-state index contributed by atoms with van der Waals surface area (Å²) in [7, 11) is 1.92. The standard InChI is InChI=1S/C13H18FN/c1-10(2)7-13(15-3)9-11-5-4-6-12(14)8-11/h4-8,13,15H,9H2,1-3H3. The minimum Gasteiger partial charge on any atom is -0.313 e. The summed E-state index contributed by atoms with van der Waals surface area (Å²) in [6.07, 6.45) is 2.98. The lowest BCUT2D eigenvalue weighted by molar-refractivity contribution is 0.618. The molecule has 0 aliphatic rings. The zero-order valence-corrected chi connectivity index (χ0v) is 9.55. The lowest BCUT2D eigenvalue weighted by Gasteiger charge is -2.12. The van der Waals surface area contributed by atoms with Crippen LogP contribution in [0.5, 0.6) is 0 Å². The molecule has 15 heavy (non-hydrogen) atoms. The second kappa shape index (κ2) is 5.66. The van der Waals surface area contributed by atoms with Gasteiger partial charge in [0.25, 0.3) is 0 Å². The molecule has 0 amide bonds. The lowest BCUT2D eigenvalue weighted by atomic mass is 10.0. The lowest BCUT2D eigenvalue weighted by Crippen LogP contribution is -2.25. The van der Waals surface area contributed by atoms with Gasteiger partial charge in [-0.05, 0) is 45.0 Å². The molecule has 1 rings (SSSR count). The third-order valence-corrected chi connectivity index (χ3v) is 2.25. The summed E-state index contributed by atoms with van der Waals surface area (Å²) < 4.78 is 12.9. The molecule has 0 fully saturated rings. The van der Waals surface area contributed by atoms with Gasteiger partial charge >= 0.3 is 0 Å². The predicted molar refractivity (Wildman–Crippen MR) is 62.4 cm³/mol. The first-order valence-corrected chi connectivity index (χ1v) is 5.18. The first kappa shape index (κ1) is 11.9. The number of likely N-dealkylation sites (N-methyl/N-ethyl adjacent to an activating group) is 1. The fourth-order valence-electron chi connectivity index (χ4n) is 1.56. The van der Waals surface area contributed by atoms with E-state index in [4.69, 9.17) is 0 Å². The minimum atomic E-state index is -0.167. The summed E-state index contributed by atoms with van der Waals surface area (Å²) in [5.41, 5.74) is 2.29. The molecule has 2 heteroatoms. The van der Waals surface area contributed by atoms with Crippen molar-refractivity contribution in [2.45, 2.75) is 26.3 Å². The molecule has 1 atom stereocenters. The van der Waals surface area contributed by atoms with E-state index in [2.05, 4.69) is 25.2 Å². The normalized spacial score (nSPS) is 12.3. The van der Waals surface area contributed by atoms with Crippen molar-refractivity contribution in [3.63, 3.8) is 0 Å². The van der Waals surface area contributed by atoms with Gasteiger partial charge in [-0.1, -0.05) is 23.8 Å². The number of hydrogen-bond donors (Lipinski definition) is 1. The molecule has 0 aromatic heterocycles. The van der Waals surface area contributed by atoms with Gasteiger partial charge in [0.1, 0.15) is 5.82 Å². The van der Waals surface area contributed by atoms with Crippen molar-refractivity contribution in [1.29, 1.82) is 0 Å². The second-order valence-electron chi connectivity index (χ2n) is 3.97. The highest BCUT2D eigenvalue weighted by atomic mass is 19.1. The molecule has 0 radical (unpaired) electrons. The van der Waals surface area contributed by atoms with E-state index in [9.17, 15) is 4.39 Å². The summed E-state index contributed by atoms with van der Waals surface area (Å²) in [4.78, 5) is 0. The van der Waals surface area contributed by atoms with Gasteiger partial charge in [0.15, 0.2) is 0 Å². The van der Waals surface area contributed by atoms with E-state index in [1.807, 2.05) is 13.1 Å². The van der Waals surface area contributed by atoms with Crippen LogP contribution in [0.3, 0.4) is 0 Å². The summed E-state index contributed by atoms with van der Waals surface area (Å²) in [6, 6.07) is 7.03. The van der Waals surface area contributed by atoms with Gasteiger partial charge in [0.2, 0.25) is 0 Å². The maximum Gasteiger partial charge on any atom is 0.123 e. The smallest absolute Gasteiger partial charge is 0.123 e. The van der Waals surface area contributed by atoms with E-state index in [1.54, 1.807) is 12.1 Å². The van der Waals surface area contributed by atoms with Crippen LogP contribution in [0, 0.1) is 5.82 Å². The van der Waals surface area contributed by atoms with Crippen molar-refractivity contribution >= 4 is 0 Å². The molecule has 82 valence electrons. The van der Waals surface area contributed by atoms with Crippen LogP contribution in [0.4, 0.5) is 4.39 Å². The number of nitrogens with one attached hydrogen (secondary N) is 1. The largest absolute Gasteiger partial charge is 0.313 e. The van der Waals surface area contributed by atoms with Crippen molar-refractivity contribution < 1.29 is 4.39 Å². The van der Waals surface area contributed by atoms with E-state index in [0.29, 0.717) is 0 Å². The Morgan fingerprint density at radius 1 is 1.47 bits per heavy atom. The zero-order valence-electron chi connectivity index (χ0n) is 9.55. The molecular formula is C13H18FN. The van der Waals surface area contributed by atoms with Crippen molar-refractivity contribution in [3.8, 4) is 0 Å². The highest BCUT2D eigenvalue weighted by Crippen LogP contribution is 2.08. The predicted octanol–water partition coefficient (Wildman–Crippen LogP) is 2.92. The summed E-state index contributed by atoms with van der Waals surface area (Å²) in [6.45, 7) is 4.13. The Hall–Kier alpha value is -1.15. The number of benzene rings is 1. The van der Waals surface area contributed by atoms with E-state index < -0.39 is 0 Å². The van der Waals surface area contributed by atoms with Crippen LogP contribution in [-0.4, -0.2) is 13.1 Å². The van der Waals surface area contributed by atoms with E-state index in [-0.39, 0.29) is 11.9 Å². The first-order chi connectivity index (χ1) is 7.11. The quantitative estimate of drug-likeness (QED) is 0.748. The number of halogens is 1. The highest BCUT2D eigenvalue weighted by molar-refractivity contribution is 5.19. The Balaban J connectivity index is 2.71. The van der Waals surface area contributed by atoms with E-state index in [1.165, 1.54) is 11.6 Å². The van der Waals surface area contributed by atoms with Crippen molar-refractivity contribution in [1.82, 2.24) is 5.32 Å². The first-order valence-electron chi connectivity index (χ1n) is 5.18. The second-order valence-corrected chi connectivity index (χ2v) is 3.97. The average molecular weight is 207 g/mol. The Morgan fingerprint density at radius 2 is 2.20 bits per heavy atom. The molecule has 1 aromatic rings. The monoisotopic (exact) mass is 207 g/mol. The zero-order chi connectivity index (χ0) is 11.3. The molecule has 1 aromatic carbocycles. The molecule has 1 N–H and O–H groups in total. The van der Waals surface area contributed by atoms with Gasteiger partial charge in [0, 0.05) is 6.04 Å². The third kappa shape index (κ3) is 4.26. The molecule has 0 aliphatic carbocycles. The van der Waals surface area contributed by atoms with Crippen LogP contribution >= 0.6 is 0 Å². The molecule has 1 nitrogen and oxygen atoms in total. The van der Waals surface area contributed by atoms with Gasteiger partial charge in [-0.15, -0.1) is 0 Å². The van der Waals surface area contributed by atoms with Crippen LogP contribution < -0.4 is 5.32 Å². The molecule has 0 saturated heterocycles. The molecule has 0 spiro atoms. The van der Waals surface area contributed by atoms with Crippen LogP contribution in [0.1, 0.15) is 19.4 Å². The SMILES string of the molecule is CNC(C=C(C)C)Cc1cccc(F)c1. The van der Waals surface area contributed by atoms with Crippen LogP contribution in [-0.2, 0) is 6.42 Å². The Bertz CT molecular complexity index is 340. The number of rotatable bonds is 4. The molecule has 0 heterocycles. The van der Waals surface area contributed by atoms with Crippen molar-refractivity contribution in [2.24, 2.45) is 0 Å². The topological polar surface area (TPSA) is 12.0 Å². The maximum absolute atomic E-state index is 12.9. The Morgan fingerprint density at radius 3 is 2.73 bits per heavy atom. The van der Waals surface area contributed by atoms with Crippen LogP contribution in [0.25, 0.3) is 0 Å². The molecule has 0 bridgehead atoms. The van der Waals surface area contributed by atoms with E-state index >= 15 is 0 Å². The summed E-state index contributed by atoms with van der Waals surface area (Å²) >= 11 is 0. The van der Waals surface area contributed by atoms with Crippen molar-refractivity contribution in [2.75, 3.05) is 7.05 Å². The van der Waals surface area contributed by atoms with Crippen LogP contribution in [0.2, 0.25) is 0 Å². The van der Waals surface area contributed by atoms with Crippen molar-refractivity contribution in [3.05, 3.63) is 47.3 Å². The van der Waals surface area contributed by atoms with Gasteiger partial charge in [-0.2, -0.15) is 0 Å². The van der Waals surface area contributed by atoms with Gasteiger partial charge in [-0.3, -0.25) is 0 Å². The summed E-state index contributed by atoms with van der Waals surface area (Å²) in [5, 5.41) is 3.20. The molecule has 0 saturated carbocycles. The maximum atomic E-state index is 12.9. The molecule has 1 unspecified atom stereocenters. The molecule has 0 aliphatic heterocycles. The van der Waals surface area contributed by atoms with Gasteiger partial charge in [0.05, 0.1) is 0 Å². The minimum absolute atomic E-state index is 0.167. The van der Waals surface area contributed by atoms with Crippen LogP contribution in [0.15, 0.2) is 35.9 Å². The van der Waals surface area contributed by atoms with E-state index in [0.717, 1.165) is 12.0 Å². The third-order valence-electron chi connectivity index (χ3n) is 2.25. The average Bonchev–Trinajstić information content (AvgIpc) is 2.16. The Labute approximate surface area is 91.0 Å². The van der Waals surface area contributed by atoms with Gasteiger partial charge in [-0.25, -0.2) is 4.39 Å². The Kier molecular flexibility index (Phi) is 4.50. The summed E-state index contributed by atoms with van der Waals surface area (Å²) in [5.74, 6) is -0.167.